The lowest BCUT2D eigenvalue weighted by molar-refractivity contribution is 1.12. The van der Waals surface area contributed by atoms with E-state index in [2.05, 4.69) is 113 Å². The molecule has 0 aliphatic rings. The van der Waals surface area contributed by atoms with Crippen molar-refractivity contribution in [1.29, 1.82) is 10.5 Å². The van der Waals surface area contributed by atoms with E-state index in [1.54, 1.807) is 0 Å². The van der Waals surface area contributed by atoms with Gasteiger partial charge >= 0.3 is 0 Å². The van der Waals surface area contributed by atoms with Crippen molar-refractivity contribution in [2.75, 3.05) is 0 Å². The molecule has 0 bridgehead atoms. The normalized spacial score (nSPS) is 11.6. The van der Waals surface area contributed by atoms with Crippen LogP contribution in [0.1, 0.15) is 11.1 Å². The second kappa shape index (κ2) is 15.4. The fourth-order valence-electron chi connectivity index (χ4n) is 11.7. The molecule has 10 aromatic carbocycles. The zero-order valence-corrected chi connectivity index (χ0v) is 38.2. The molecule has 14 aromatic rings. The molecule has 8 heteroatoms. The van der Waals surface area contributed by atoms with Crippen LogP contribution in [0, 0.1) is 35.8 Å². The second-order valence-corrected chi connectivity index (χ2v) is 18.0. The van der Waals surface area contributed by atoms with Crippen LogP contribution in [0.15, 0.2) is 206 Å². The van der Waals surface area contributed by atoms with Crippen molar-refractivity contribution in [1.82, 2.24) is 18.3 Å². The molecule has 0 saturated carbocycles. The van der Waals surface area contributed by atoms with Gasteiger partial charge in [0, 0.05) is 54.2 Å². The number of hydrogen-bond acceptors (Lipinski definition) is 2. The Hall–Kier alpha value is -10.6. The Morgan fingerprint density at radius 1 is 0.292 bits per heavy atom. The third kappa shape index (κ3) is 5.41. The van der Waals surface area contributed by atoms with Crippen LogP contribution in [0.2, 0.25) is 0 Å². The summed E-state index contributed by atoms with van der Waals surface area (Å²) in [5, 5.41) is 32.0. The van der Waals surface area contributed by atoms with Gasteiger partial charge in [0.25, 0.3) is 0 Å². The standard InChI is InChI=1S/C64H34N8/c1-67-63-59(71-53-31-15-7-23-43(53)44-24-8-16-32-54(44)71)35-57(69-49-27-11-3-19-39(49)40-20-4-12-28-50(40)69)47(37-65)61(63)62-48(38-66)58(70-51-29-13-5-21-41(51)42-22-6-14-30-52(42)70)36-60(64(62)68-2)72-55-33-17-9-25-45(55)46-26-10-18-34-56(46)72/h3-36H. The smallest absolute Gasteiger partial charge is 0.218 e. The molecule has 0 N–H and O–H groups in total. The summed E-state index contributed by atoms with van der Waals surface area (Å²) in [6.45, 7) is 18.7. The molecule has 4 aromatic heterocycles. The van der Waals surface area contributed by atoms with Gasteiger partial charge in [-0.15, -0.1) is 0 Å². The van der Waals surface area contributed by atoms with Gasteiger partial charge in [-0.1, -0.05) is 146 Å². The molecule has 0 amide bonds. The lowest BCUT2D eigenvalue weighted by Crippen LogP contribution is -2.08. The highest BCUT2D eigenvalue weighted by Crippen LogP contribution is 2.53. The average molecular weight is 915 g/mol. The number of aromatic nitrogens is 4. The molecule has 8 nitrogen and oxygen atoms in total. The minimum atomic E-state index is 0.136. The van der Waals surface area contributed by atoms with Crippen LogP contribution in [0.25, 0.3) is 131 Å². The Morgan fingerprint density at radius 3 is 0.681 bits per heavy atom. The largest absolute Gasteiger partial charge is 0.319 e. The van der Waals surface area contributed by atoms with Crippen molar-refractivity contribution in [2.24, 2.45) is 0 Å². The van der Waals surface area contributed by atoms with Gasteiger partial charge < -0.3 is 18.3 Å². The molecular formula is C64H34N8. The summed E-state index contributed by atoms with van der Waals surface area (Å²) in [5.41, 5.74) is 9.94. The van der Waals surface area contributed by atoms with Gasteiger partial charge in [0.1, 0.15) is 12.1 Å². The van der Waals surface area contributed by atoms with Crippen LogP contribution < -0.4 is 0 Å². The van der Waals surface area contributed by atoms with Crippen molar-refractivity contribution in [3.05, 3.63) is 240 Å². The highest BCUT2D eigenvalue weighted by molar-refractivity contribution is 6.15. The number of para-hydroxylation sites is 8. The number of rotatable bonds is 5. The third-order valence-corrected chi connectivity index (χ3v) is 14.5. The van der Waals surface area contributed by atoms with Gasteiger partial charge in [0.15, 0.2) is 0 Å². The minimum Gasteiger partial charge on any atom is -0.319 e. The van der Waals surface area contributed by atoms with E-state index >= 15 is 0 Å². The predicted molar refractivity (Wildman–Crippen MR) is 291 cm³/mol. The first-order valence-corrected chi connectivity index (χ1v) is 23.5. The van der Waals surface area contributed by atoms with Crippen LogP contribution in [0.4, 0.5) is 11.4 Å². The molecule has 0 radical (unpaired) electrons. The van der Waals surface area contributed by atoms with Crippen LogP contribution in [-0.4, -0.2) is 18.3 Å². The zero-order valence-electron chi connectivity index (χ0n) is 38.2. The maximum absolute atomic E-state index is 12.0. The van der Waals surface area contributed by atoms with E-state index in [0.717, 1.165) is 87.2 Å². The summed E-state index contributed by atoms with van der Waals surface area (Å²) in [5.74, 6) is 0. The Bertz CT molecular complexity index is 4050. The van der Waals surface area contributed by atoms with E-state index in [1.807, 2.05) is 133 Å². The van der Waals surface area contributed by atoms with E-state index < -0.39 is 0 Å². The maximum Gasteiger partial charge on any atom is 0.218 e. The van der Waals surface area contributed by atoms with Crippen LogP contribution in [0.3, 0.4) is 0 Å². The Balaban J connectivity index is 1.25. The van der Waals surface area contributed by atoms with E-state index in [1.165, 1.54) is 0 Å². The SMILES string of the molecule is [C-]#[N+]c1c(-n2c3ccccc3c3ccccc32)cc(-n2c3ccccc3c3ccccc32)c(C#N)c1-c1c(C#N)c(-n2c3ccccc3c3ccccc32)cc(-n2c3ccccc3c3ccccc32)c1[N+]#[C-]. The highest BCUT2D eigenvalue weighted by atomic mass is 15.1. The quantitative estimate of drug-likeness (QED) is 0.161. The molecule has 0 spiro atoms. The van der Waals surface area contributed by atoms with Gasteiger partial charge in [-0.25, -0.2) is 9.69 Å². The Kier molecular flexibility index (Phi) is 8.67. The van der Waals surface area contributed by atoms with Crippen molar-refractivity contribution in [3.8, 4) is 46.0 Å². The van der Waals surface area contributed by atoms with E-state index in [-0.39, 0.29) is 33.6 Å². The summed E-state index contributed by atoms with van der Waals surface area (Å²) in [6, 6.07) is 74.3. The molecular weight excluding hydrogens is 881 g/mol. The monoisotopic (exact) mass is 914 g/mol. The lowest BCUT2D eigenvalue weighted by Gasteiger charge is -2.24. The van der Waals surface area contributed by atoms with Gasteiger partial charge in [0.05, 0.1) is 91.2 Å². The summed E-state index contributed by atoms with van der Waals surface area (Å²) < 4.78 is 8.42. The first-order chi connectivity index (χ1) is 35.6. The molecule has 0 aliphatic carbocycles. The average Bonchev–Trinajstić information content (AvgIpc) is 4.17. The molecule has 0 atom stereocenters. The van der Waals surface area contributed by atoms with Gasteiger partial charge in [-0.3, -0.25) is 0 Å². The first-order valence-electron chi connectivity index (χ1n) is 23.5. The summed E-state index contributed by atoms with van der Waals surface area (Å²) in [7, 11) is 0. The minimum absolute atomic E-state index is 0.136. The summed E-state index contributed by atoms with van der Waals surface area (Å²) in [6.07, 6.45) is 0. The molecule has 0 fully saturated rings. The van der Waals surface area contributed by atoms with Crippen molar-refractivity contribution in [2.45, 2.75) is 0 Å². The fraction of sp³-hybridized carbons (Fsp3) is 0. The van der Waals surface area contributed by atoms with Crippen molar-refractivity contribution in [3.63, 3.8) is 0 Å². The van der Waals surface area contributed by atoms with Gasteiger partial charge in [0.2, 0.25) is 11.4 Å². The van der Waals surface area contributed by atoms with Crippen LogP contribution >= 0.6 is 0 Å². The molecule has 330 valence electrons. The molecule has 72 heavy (non-hydrogen) atoms. The van der Waals surface area contributed by atoms with Gasteiger partial charge in [-0.05, 0) is 60.7 Å². The number of nitrogens with zero attached hydrogens (tertiary/aromatic N) is 8. The number of hydrogen-bond donors (Lipinski definition) is 0. The summed E-state index contributed by atoms with van der Waals surface area (Å²) in [4.78, 5) is 8.90. The van der Waals surface area contributed by atoms with E-state index in [9.17, 15) is 23.7 Å². The van der Waals surface area contributed by atoms with Crippen molar-refractivity contribution >= 4 is 98.6 Å². The van der Waals surface area contributed by atoms with Crippen LogP contribution in [0.5, 0.6) is 0 Å². The highest BCUT2D eigenvalue weighted by Gasteiger charge is 2.33. The number of benzene rings is 10. The summed E-state index contributed by atoms with van der Waals surface area (Å²) >= 11 is 0. The molecule has 14 rings (SSSR count). The van der Waals surface area contributed by atoms with E-state index in [0.29, 0.717) is 22.7 Å². The fourth-order valence-corrected chi connectivity index (χ4v) is 11.7. The first kappa shape index (κ1) is 40.4. The second-order valence-electron chi connectivity index (χ2n) is 18.0. The molecule has 0 aliphatic heterocycles. The zero-order chi connectivity index (χ0) is 48.2. The molecule has 0 unspecified atom stereocenters. The Labute approximate surface area is 411 Å². The maximum atomic E-state index is 12.0. The van der Waals surface area contributed by atoms with Gasteiger partial charge in [-0.2, -0.15) is 10.5 Å². The van der Waals surface area contributed by atoms with E-state index in [4.69, 9.17) is 0 Å². The predicted octanol–water partition coefficient (Wildman–Crippen LogP) is 16.6. The number of nitriles is 2. The van der Waals surface area contributed by atoms with Crippen LogP contribution in [-0.2, 0) is 0 Å². The molecule has 0 saturated heterocycles. The lowest BCUT2D eigenvalue weighted by atomic mass is 9.89. The van der Waals surface area contributed by atoms with Crippen molar-refractivity contribution < 1.29 is 0 Å². The molecule has 4 heterocycles. The Morgan fingerprint density at radius 2 is 0.486 bits per heavy atom. The number of fused-ring (bicyclic) bond motifs is 12. The topological polar surface area (TPSA) is 76.0 Å². The third-order valence-electron chi connectivity index (χ3n) is 14.5.